The van der Waals surface area contributed by atoms with Gasteiger partial charge in [-0.1, -0.05) is 0 Å². The predicted molar refractivity (Wildman–Crippen MR) is 88.5 cm³/mol. The summed E-state index contributed by atoms with van der Waals surface area (Å²) in [5, 5.41) is 1.92. The molecule has 0 unspecified atom stereocenters. The van der Waals surface area contributed by atoms with Gasteiger partial charge in [-0.15, -0.1) is 11.3 Å². The molecule has 0 saturated carbocycles. The molecule has 0 aliphatic rings. The van der Waals surface area contributed by atoms with Crippen molar-refractivity contribution >= 4 is 28.2 Å². The lowest BCUT2D eigenvalue weighted by Crippen LogP contribution is -2.21. The zero-order valence-corrected chi connectivity index (χ0v) is 15.4. The van der Waals surface area contributed by atoms with Crippen LogP contribution in [0.4, 0.5) is 27.0 Å². The van der Waals surface area contributed by atoms with Gasteiger partial charge in [-0.2, -0.15) is 0 Å². The van der Waals surface area contributed by atoms with Gasteiger partial charge in [0.1, 0.15) is 10.6 Å². The molecule has 0 aliphatic heterocycles. The molecule has 1 N–H and O–H groups in total. The molecule has 2 aromatic rings. The molecule has 0 fully saturated rings. The molecule has 0 radical (unpaired) electrons. The van der Waals surface area contributed by atoms with Gasteiger partial charge in [0.05, 0.1) is 11.7 Å². The molecular formula is C17H14F5NO3S. The third kappa shape index (κ3) is 3.80. The maximum Gasteiger partial charge on any atom is 0.341 e. The van der Waals surface area contributed by atoms with Gasteiger partial charge in [0, 0.05) is 4.88 Å². The number of hydrogen-bond donors (Lipinski definition) is 1. The zero-order valence-electron chi connectivity index (χ0n) is 14.6. The summed E-state index contributed by atoms with van der Waals surface area (Å²) in [6.45, 7) is 6.39. The Morgan fingerprint density at radius 2 is 1.37 bits per heavy atom. The molecule has 0 bridgehead atoms. The average Bonchev–Trinajstić information content (AvgIpc) is 2.84. The van der Waals surface area contributed by atoms with Crippen molar-refractivity contribution in [1.29, 1.82) is 0 Å². The number of anilines is 1. The Hall–Kier alpha value is -2.49. The average molecular weight is 407 g/mol. The van der Waals surface area contributed by atoms with E-state index < -0.39 is 52.6 Å². The van der Waals surface area contributed by atoms with Gasteiger partial charge >= 0.3 is 5.97 Å². The summed E-state index contributed by atoms with van der Waals surface area (Å²) >= 11 is 0.903. The fourth-order valence-corrected chi connectivity index (χ4v) is 3.25. The van der Waals surface area contributed by atoms with Crippen LogP contribution in [0.3, 0.4) is 0 Å². The first-order chi connectivity index (χ1) is 12.5. The van der Waals surface area contributed by atoms with Gasteiger partial charge in [0.25, 0.3) is 5.91 Å². The predicted octanol–water partition coefficient (Wildman–Crippen LogP) is 4.88. The van der Waals surface area contributed by atoms with Crippen LogP contribution in [0.1, 0.15) is 45.0 Å². The summed E-state index contributed by atoms with van der Waals surface area (Å²) < 4.78 is 72.4. The maximum absolute atomic E-state index is 13.8. The zero-order chi connectivity index (χ0) is 20.6. The Morgan fingerprint density at radius 1 is 0.889 bits per heavy atom. The summed E-state index contributed by atoms with van der Waals surface area (Å²) in [6, 6.07) is 0. The summed E-state index contributed by atoms with van der Waals surface area (Å²) in [7, 11) is 0. The summed E-state index contributed by atoms with van der Waals surface area (Å²) in [5.74, 6) is -13.7. The summed E-state index contributed by atoms with van der Waals surface area (Å²) in [4.78, 5) is 25.0. The number of thiophene rings is 1. The number of rotatable bonds is 4. The first-order valence-electron chi connectivity index (χ1n) is 7.61. The van der Waals surface area contributed by atoms with E-state index in [1.54, 1.807) is 27.7 Å². The Bertz CT molecular complexity index is 910. The highest BCUT2D eigenvalue weighted by Crippen LogP contribution is 2.34. The van der Waals surface area contributed by atoms with Gasteiger partial charge in [0.2, 0.25) is 5.82 Å². The van der Waals surface area contributed by atoms with E-state index in [1.807, 2.05) is 5.32 Å². The minimum absolute atomic E-state index is 0.0524. The van der Waals surface area contributed by atoms with Crippen LogP contribution in [0.2, 0.25) is 0 Å². The summed E-state index contributed by atoms with van der Waals surface area (Å²) in [5.41, 5.74) is -1.24. The molecule has 2 rings (SSSR count). The minimum Gasteiger partial charge on any atom is -0.459 e. The molecule has 0 saturated heterocycles. The smallest absolute Gasteiger partial charge is 0.341 e. The Morgan fingerprint density at radius 3 is 1.85 bits per heavy atom. The summed E-state index contributed by atoms with van der Waals surface area (Å²) in [6.07, 6.45) is -0.476. The fourth-order valence-electron chi connectivity index (χ4n) is 2.20. The molecular weight excluding hydrogens is 393 g/mol. The van der Waals surface area contributed by atoms with E-state index >= 15 is 0 Å². The molecule has 0 atom stereocenters. The number of halogens is 5. The van der Waals surface area contributed by atoms with Gasteiger partial charge < -0.3 is 10.1 Å². The van der Waals surface area contributed by atoms with E-state index in [2.05, 4.69) is 0 Å². The van der Waals surface area contributed by atoms with Crippen molar-refractivity contribution in [2.24, 2.45) is 0 Å². The Kier molecular flexibility index (Phi) is 5.88. The van der Waals surface area contributed by atoms with Crippen molar-refractivity contribution < 1.29 is 36.3 Å². The quantitative estimate of drug-likeness (QED) is 0.340. The van der Waals surface area contributed by atoms with Crippen molar-refractivity contribution in [2.75, 3.05) is 5.32 Å². The van der Waals surface area contributed by atoms with Crippen LogP contribution < -0.4 is 5.32 Å². The highest BCUT2D eigenvalue weighted by atomic mass is 32.1. The molecule has 27 heavy (non-hydrogen) atoms. The number of hydrogen-bond acceptors (Lipinski definition) is 4. The van der Waals surface area contributed by atoms with Crippen LogP contribution >= 0.6 is 11.3 Å². The van der Waals surface area contributed by atoms with Gasteiger partial charge in [0.15, 0.2) is 23.3 Å². The molecule has 1 heterocycles. The lowest BCUT2D eigenvalue weighted by Gasteiger charge is -2.11. The van der Waals surface area contributed by atoms with E-state index in [4.69, 9.17) is 4.74 Å². The highest BCUT2D eigenvalue weighted by molar-refractivity contribution is 7.16. The molecule has 1 aromatic heterocycles. The van der Waals surface area contributed by atoms with Crippen molar-refractivity contribution in [3.63, 3.8) is 0 Å². The number of ether oxygens (including phenoxy) is 1. The molecule has 146 valence electrons. The van der Waals surface area contributed by atoms with E-state index in [0.717, 1.165) is 11.3 Å². The first-order valence-corrected chi connectivity index (χ1v) is 8.42. The SMILES string of the molecule is Cc1sc(NC(=O)c2c(F)c(F)c(F)c(F)c2F)c(C(=O)OC(C)C)c1C. The molecule has 0 aliphatic carbocycles. The molecule has 1 amide bonds. The topological polar surface area (TPSA) is 55.4 Å². The molecule has 1 aromatic carbocycles. The van der Waals surface area contributed by atoms with Crippen molar-refractivity contribution in [3.8, 4) is 0 Å². The van der Waals surface area contributed by atoms with Crippen LogP contribution in [0.5, 0.6) is 0 Å². The molecule has 0 spiro atoms. The van der Waals surface area contributed by atoms with Gasteiger partial charge in [-0.3, -0.25) is 4.79 Å². The molecule has 4 nitrogen and oxygen atoms in total. The number of amides is 1. The second kappa shape index (κ2) is 7.63. The van der Waals surface area contributed by atoms with E-state index in [-0.39, 0.29) is 10.6 Å². The van der Waals surface area contributed by atoms with Crippen LogP contribution in [-0.4, -0.2) is 18.0 Å². The number of aryl methyl sites for hydroxylation is 1. The van der Waals surface area contributed by atoms with Crippen LogP contribution in [0.15, 0.2) is 0 Å². The Labute approximate surface area is 154 Å². The highest BCUT2D eigenvalue weighted by Gasteiger charge is 2.31. The largest absolute Gasteiger partial charge is 0.459 e. The fraction of sp³-hybridized carbons (Fsp3) is 0.294. The van der Waals surface area contributed by atoms with Gasteiger partial charge in [-0.25, -0.2) is 26.7 Å². The van der Waals surface area contributed by atoms with Crippen molar-refractivity contribution in [1.82, 2.24) is 0 Å². The van der Waals surface area contributed by atoms with E-state index in [9.17, 15) is 31.5 Å². The number of nitrogens with one attached hydrogen (secondary N) is 1. The Balaban J connectivity index is 2.49. The second-order valence-electron chi connectivity index (χ2n) is 5.84. The minimum atomic E-state index is -2.37. The number of carbonyl (C=O) groups is 2. The van der Waals surface area contributed by atoms with E-state index in [1.165, 1.54) is 0 Å². The number of esters is 1. The number of benzene rings is 1. The monoisotopic (exact) mass is 407 g/mol. The standard InChI is InChI=1S/C17H14F5NO3S/c1-5(2)26-17(25)8-6(3)7(4)27-16(8)23-15(24)9-10(18)12(20)14(22)13(21)11(9)19/h5H,1-4H3,(H,23,24). The van der Waals surface area contributed by atoms with E-state index in [0.29, 0.717) is 10.4 Å². The third-order valence-corrected chi connectivity index (χ3v) is 4.72. The van der Waals surface area contributed by atoms with Crippen molar-refractivity contribution in [3.05, 3.63) is 50.7 Å². The third-order valence-electron chi connectivity index (χ3n) is 3.60. The van der Waals surface area contributed by atoms with Gasteiger partial charge in [-0.05, 0) is 33.3 Å². The van der Waals surface area contributed by atoms with Crippen LogP contribution in [0.25, 0.3) is 0 Å². The van der Waals surface area contributed by atoms with Crippen LogP contribution in [0, 0.1) is 42.9 Å². The first kappa shape index (κ1) is 20.8. The van der Waals surface area contributed by atoms with Crippen LogP contribution in [-0.2, 0) is 4.74 Å². The maximum atomic E-state index is 13.8. The van der Waals surface area contributed by atoms with Crippen molar-refractivity contribution in [2.45, 2.75) is 33.8 Å². The lowest BCUT2D eigenvalue weighted by atomic mass is 10.1. The normalized spacial score (nSPS) is 11.0. The second-order valence-corrected chi connectivity index (χ2v) is 7.07. The molecule has 10 heteroatoms. The number of carbonyl (C=O) groups excluding carboxylic acids is 2. The lowest BCUT2D eigenvalue weighted by molar-refractivity contribution is 0.0379.